The van der Waals surface area contributed by atoms with Crippen molar-refractivity contribution in [1.29, 1.82) is 0 Å². The van der Waals surface area contributed by atoms with Crippen LogP contribution in [0.25, 0.3) is 0 Å². The first kappa shape index (κ1) is 8.77. The number of hydrazine groups is 1. The number of benzene rings is 1. The maximum absolute atomic E-state index is 12.8. The molecule has 0 amide bonds. The highest BCUT2D eigenvalue weighted by atomic mass is 79.9. The molecule has 0 saturated heterocycles. The van der Waals surface area contributed by atoms with Crippen molar-refractivity contribution < 1.29 is 4.39 Å². The van der Waals surface area contributed by atoms with Crippen LogP contribution >= 0.6 is 27.5 Å². The molecule has 0 heterocycles. The lowest BCUT2D eigenvalue weighted by atomic mass is 10.3. The van der Waals surface area contributed by atoms with Gasteiger partial charge < -0.3 is 5.43 Å². The predicted molar refractivity (Wildman–Crippen MR) is 46.9 cm³/mol. The number of hydrogen-bond donors (Lipinski definition) is 2. The summed E-state index contributed by atoms with van der Waals surface area (Å²) in [5.74, 6) is 4.61. The van der Waals surface area contributed by atoms with Crippen LogP contribution in [0.4, 0.5) is 10.1 Å². The molecule has 60 valence electrons. The van der Waals surface area contributed by atoms with Crippen LogP contribution in [-0.4, -0.2) is 0 Å². The molecule has 0 saturated carbocycles. The Morgan fingerprint density at radius 3 is 2.64 bits per heavy atom. The van der Waals surface area contributed by atoms with E-state index in [2.05, 4.69) is 21.4 Å². The fourth-order valence-electron chi connectivity index (χ4n) is 0.639. The minimum Gasteiger partial charge on any atom is -0.324 e. The third-order valence-corrected chi connectivity index (χ3v) is 2.48. The van der Waals surface area contributed by atoms with E-state index in [9.17, 15) is 4.39 Å². The second-order valence-electron chi connectivity index (χ2n) is 1.90. The van der Waals surface area contributed by atoms with E-state index in [-0.39, 0.29) is 9.50 Å². The molecule has 0 unspecified atom stereocenters. The van der Waals surface area contributed by atoms with Crippen molar-refractivity contribution in [3.63, 3.8) is 0 Å². The van der Waals surface area contributed by atoms with Crippen LogP contribution in [0.5, 0.6) is 0 Å². The summed E-state index contributed by atoms with van der Waals surface area (Å²) >= 11 is 8.58. The van der Waals surface area contributed by atoms with Crippen molar-refractivity contribution >= 4 is 33.2 Å². The Balaban J connectivity index is 3.21. The average molecular weight is 239 g/mol. The molecule has 3 N–H and O–H groups in total. The Kier molecular flexibility index (Phi) is 2.70. The summed E-state index contributed by atoms with van der Waals surface area (Å²) in [7, 11) is 0. The number of anilines is 1. The highest BCUT2D eigenvalue weighted by Crippen LogP contribution is 2.28. The molecule has 0 aromatic heterocycles. The molecular weight excluding hydrogens is 234 g/mol. The quantitative estimate of drug-likeness (QED) is 0.449. The molecule has 1 aromatic rings. The summed E-state index contributed by atoms with van der Waals surface area (Å²) in [4.78, 5) is 0. The second-order valence-corrected chi connectivity index (χ2v) is 3.10. The highest BCUT2D eigenvalue weighted by Gasteiger charge is 2.05. The lowest BCUT2D eigenvalue weighted by Crippen LogP contribution is -2.06. The normalized spacial score (nSPS) is 9.82. The zero-order chi connectivity index (χ0) is 8.43. The fourth-order valence-corrected chi connectivity index (χ4v) is 1.08. The van der Waals surface area contributed by atoms with Crippen LogP contribution < -0.4 is 11.3 Å². The van der Waals surface area contributed by atoms with Crippen molar-refractivity contribution in [1.82, 2.24) is 0 Å². The van der Waals surface area contributed by atoms with Crippen molar-refractivity contribution in [2.75, 3.05) is 5.43 Å². The molecule has 1 aromatic carbocycles. The highest BCUT2D eigenvalue weighted by molar-refractivity contribution is 9.10. The van der Waals surface area contributed by atoms with Gasteiger partial charge >= 0.3 is 0 Å². The van der Waals surface area contributed by atoms with E-state index in [4.69, 9.17) is 17.4 Å². The molecule has 0 fully saturated rings. The summed E-state index contributed by atoms with van der Waals surface area (Å²) in [5, 5.41) is 0.290. The van der Waals surface area contributed by atoms with E-state index in [1.165, 1.54) is 12.1 Å². The Morgan fingerprint density at radius 2 is 2.18 bits per heavy atom. The maximum Gasteiger partial charge on any atom is 0.140 e. The average Bonchev–Trinajstić information content (AvgIpc) is 1.99. The molecule has 0 bridgehead atoms. The zero-order valence-electron chi connectivity index (χ0n) is 5.37. The lowest BCUT2D eigenvalue weighted by molar-refractivity contribution is 0.621. The number of nitrogens with one attached hydrogen (secondary N) is 1. The lowest BCUT2D eigenvalue weighted by Gasteiger charge is -2.02. The molecule has 2 nitrogen and oxygen atoms in total. The minimum atomic E-state index is -0.439. The van der Waals surface area contributed by atoms with Gasteiger partial charge in [0.1, 0.15) is 5.82 Å². The van der Waals surface area contributed by atoms with Gasteiger partial charge in [0.15, 0.2) is 0 Å². The van der Waals surface area contributed by atoms with E-state index in [0.717, 1.165) is 0 Å². The van der Waals surface area contributed by atoms with Crippen LogP contribution in [0.3, 0.4) is 0 Å². The van der Waals surface area contributed by atoms with Gasteiger partial charge in [-0.25, -0.2) is 4.39 Å². The number of rotatable bonds is 1. The Bertz CT molecular complexity index is 256. The number of nitrogens with two attached hydrogens (primary N) is 1. The molecule has 0 aliphatic carbocycles. The van der Waals surface area contributed by atoms with Gasteiger partial charge in [-0.3, -0.25) is 5.84 Å². The SMILES string of the molecule is NNc1cc(F)c(Br)c(Cl)c1. The summed E-state index contributed by atoms with van der Waals surface area (Å²) in [5.41, 5.74) is 2.73. The van der Waals surface area contributed by atoms with Crippen molar-refractivity contribution in [3.05, 3.63) is 27.4 Å². The Hall–Kier alpha value is -0.320. The van der Waals surface area contributed by atoms with Crippen molar-refractivity contribution in [2.45, 2.75) is 0 Å². The zero-order valence-corrected chi connectivity index (χ0v) is 7.71. The number of nitrogen functional groups attached to an aromatic ring is 1. The first-order valence-corrected chi connectivity index (χ1v) is 3.93. The van der Waals surface area contributed by atoms with Crippen molar-refractivity contribution in [3.8, 4) is 0 Å². The summed E-state index contributed by atoms with van der Waals surface area (Å²) in [6.07, 6.45) is 0. The van der Waals surface area contributed by atoms with E-state index in [0.29, 0.717) is 5.69 Å². The first-order valence-electron chi connectivity index (χ1n) is 2.76. The van der Waals surface area contributed by atoms with E-state index in [1.54, 1.807) is 0 Å². The molecule has 5 heteroatoms. The standard InChI is InChI=1S/C6H5BrClFN2/c7-6-4(8)1-3(11-10)2-5(6)9/h1-2,11H,10H2. The monoisotopic (exact) mass is 238 g/mol. The third-order valence-electron chi connectivity index (χ3n) is 1.15. The molecule has 0 spiro atoms. The minimum absolute atomic E-state index is 0.248. The summed E-state index contributed by atoms with van der Waals surface area (Å²) < 4.78 is 13.0. The Morgan fingerprint density at radius 1 is 1.55 bits per heavy atom. The largest absolute Gasteiger partial charge is 0.324 e. The third kappa shape index (κ3) is 1.83. The molecule has 1 rings (SSSR count). The van der Waals surface area contributed by atoms with Gasteiger partial charge in [-0.2, -0.15) is 0 Å². The van der Waals surface area contributed by atoms with Crippen LogP contribution in [-0.2, 0) is 0 Å². The van der Waals surface area contributed by atoms with E-state index < -0.39 is 5.82 Å². The summed E-state index contributed by atoms with van der Waals surface area (Å²) in [6, 6.07) is 2.77. The van der Waals surface area contributed by atoms with Crippen LogP contribution in [0.1, 0.15) is 0 Å². The maximum atomic E-state index is 12.8. The van der Waals surface area contributed by atoms with E-state index in [1.807, 2.05) is 0 Å². The predicted octanol–water partition coefficient (Wildman–Crippen LogP) is 2.53. The van der Waals surface area contributed by atoms with Crippen LogP contribution in [0.15, 0.2) is 16.6 Å². The fraction of sp³-hybridized carbons (Fsp3) is 0. The van der Waals surface area contributed by atoms with Gasteiger partial charge in [0.05, 0.1) is 15.2 Å². The second kappa shape index (κ2) is 3.38. The molecule has 11 heavy (non-hydrogen) atoms. The van der Waals surface area contributed by atoms with Gasteiger partial charge in [0.2, 0.25) is 0 Å². The Labute approximate surface area is 76.6 Å². The van der Waals surface area contributed by atoms with Gasteiger partial charge in [-0.1, -0.05) is 11.6 Å². The number of halogens is 3. The summed E-state index contributed by atoms with van der Waals surface area (Å²) in [6.45, 7) is 0. The van der Waals surface area contributed by atoms with Gasteiger partial charge in [-0.15, -0.1) is 0 Å². The van der Waals surface area contributed by atoms with Crippen LogP contribution in [0, 0.1) is 5.82 Å². The van der Waals surface area contributed by atoms with Gasteiger partial charge in [-0.05, 0) is 28.1 Å². The van der Waals surface area contributed by atoms with Crippen LogP contribution in [0.2, 0.25) is 5.02 Å². The molecule has 0 aliphatic heterocycles. The van der Waals surface area contributed by atoms with E-state index >= 15 is 0 Å². The molecule has 0 radical (unpaired) electrons. The molecular formula is C6H5BrClFN2. The first-order chi connectivity index (χ1) is 5.15. The molecule has 0 atom stereocenters. The van der Waals surface area contributed by atoms with Gasteiger partial charge in [0, 0.05) is 0 Å². The van der Waals surface area contributed by atoms with Gasteiger partial charge in [0.25, 0.3) is 0 Å². The topological polar surface area (TPSA) is 38.0 Å². The smallest absolute Gasteiger partial charge is 0.140 e. The number of hydrogen-bond acceptors (Lipinski definition) is 2. The van der Waals surface area contributed by atoms with Crippen molar-refractivity contribution in [2.24, 2.45) is 5.84 Å². The molecule has 0 aliphatic rings.